The van der Waals surface area contributed by atoms with Crippen molar-refractivity contribution < 1.29 is 9.53 Å². The highest BCUT2D eigenvalue weighted by molar-refractivity contribution is 5.94. The first-order valence-electron chi connectivity index (χ1n) is 7.70. The van der Waals surface area contributed by atoms with Gasteiger partial charge in [0.2, 0.25) is 0 Å². The lowest BCUT2D eigenvalue weighted by molar-refractivity contribution is 0.101. The van der Waals surface area contributed by atoms with Crippen LogP contribution >= 0.6 is 0 Å². The SMILES string of the molecule is CC(=O)c1cnc2c(c1)OCC[C@@H]1CN(C(C)C)CCN21. The molecule has 1 aromatic rings. The van der Waals surface area contributed by atoms with Crippen molar-refractivity contribution in [2.75, 3.05) is 31.1 Å². The summed E-state index contributed by atoms with van der Waals surface area (Å²) < 4.78 is 5.85. The molecule has 0 spiro atoms. The molecule has 114 valence electrons. The first-order valence-corrected chi connectivity index (χ1v) is 7.70. The maximum atomic E-state index is 11.5. The maximum Gasteiger partial charge on any atom is 0.171 e. The zero-order valence-corrected chi connectivity index (χ0v) is 13.0. The van der Waals surface area contributed by atoms with Gasteiger partial charge in [0, 0.05) is 49.9 Å². The summed E-state index contributed by atoms with van der Waals surface area (Å²) in [5, 5.41) is 0. The van der Waals surface area contributed by atoms with Crippen LogP contribution in [0.1, 0.15) is 37.6 Å². The number of aromatic nitrogens is 1. The maximum absolute atomic E-state index is 11.5. The summed E-state index contributed by atoms with van der Waals surface area (Å²) in [6.45, 7) is 9.79. The molecule has 5 heteroatoms. The van der Waals surface area contributed by atoms with Crippen LogP contribution in [-0.4, -0.2) is 54.0 Å². The van der Waals surface area contributed by atoms with E-state index < -0.39 is 0 Å². The zero-order valence-electron chi connectivity index (χ0n) is 13.0. The lowest BCUT2D eigenvalue weighted by Gasteiger charge is -2.42. The van der Waals surface area contributed by atoms with Crippen LogP contribution in [0, 0.1) is 0 Å². The molecule has 0 N–H and O–H groups in total. The summed E-state index contributed by atoms with van der Waals surface area (Å²) in [5.74, 6) is 1.67. The van der Waals surface area contributed by atoms with Gasteiger partial charge in [0.25, 0.3) is 0 Å². The third-order valence-electron chi connectivity index (χ3n) is 4.46. The quantitative estimate of drug-likeness (QED) is 0.779. The van der Waals surface area contributed by atoms with Gasteiger partial charge in [-0.2, -0.15) is 0 Å². The molecule has 2 aliphatic rings. The van der Waals surface area contributed by atoms with Crippen molar-refractivity contribution in [3.05, 3.63) is 17.8 Å². The summed E-state index contributed by atoms with van der Waals surface area (Å²) in [5.41, 5.74) is 0.619. The number of rotatable bonds is 2. The van der Waals surface area contributed by atoms with Crippen molar-refractivity contribution in [2.45, 2.75) is 39.3 Å². The molecule has 21 heavy (non-hydrogen) atoms. The number of hydrogen-bond donors (Lipinski definition) is 0. The predicted octanol–water partition coefficient (Wildman–Crippen LogP) is 1.97. The fourth-order valence-corrected chi connectivity index (χ4v) is 3.13. The number of carbonyl (C=O) groups excluding carboxylic acids is 1. The van der Waals surface area contributed by atoms with Crippen LogP contribution in [0.4, 0.5) is 5.82 Å². The van der Waals surface area contributed by atoms with Gasteiger partial charge in [-0.3, -0.25) is 9.69 Å². The second kappa shape index (κ2) is 5.64. The van der Waals surface area contributed by atoms with Crippen molar-refractivity contribution in [2.24, 2.45) is 0 Å². The Morgan fingerprint density at radius 3 is 2.95 bits per heavy atom. The van der Waals surface area contributed by atoms with Crippen LogP contribution in [0.15, 0.2) is 12.3 Å². The number of carbonyl (C=O) groups is 1. The van der Waals surface area contributed by atoms with Gasteiger partial charge in [-0.1, -0.05) is 0 Å². The Kier molecular flexibility index (Phi) is 3.85. The summed E-state index contributed by atoms with van der Waals surface area (Å²) >= 11 is 0. The third-order valence-corrected chi connectivity index (χ3v) is 4.46. The largest absolute Gasteiger partial charge is 0.490 e. The number of Topliss-reactive ketones (excluding diaryl/α,β-unsaturated/α-hetero) is 1. The van der Waals surface area contributed by atoms with E-state index in [0.29, 0.717) is 24.3 Å². The standard InChI is InChI=1S/C16H23N3O2/c1-11(2)18-5-6-19-14(10-18)4-7-21-15-8-13(12(3)20)9-17-16(15)19/h8-9,11,14H,4-7,10H2,1-3H3/t14-/m1/s1. The van der Waals surface area contributed by atoms with E-state index in [2.05, 4.69) is 28.6 Å². The molecule has 1 atom stereocenters. The van der Waals surface area contributed by atoms with Gasteiger partial charge in [-0.05, 0) is 26.8 Å². The minimum Gasteiger partial charge on any atom is -0.490 e. The van der Waals surface area contributed by atoms with Crippen LogP contribution in [0.5, 0.6) is 5.75 Å². The Morgan fingerprint density at radius 1 is 1.43 bits per heavy atom. The van der Waals surface area contributed by atoms with E-state index >= 15 is 0 Å². The average molecular weight is 289 g/mol. The van der Waals surface area contributed by atoms with Crippen molar-refractivity contribution in [3.8, 4) is 5.75 Å². The number of piperazine rings is 1. The molecule has 0 aromatic carbocycles. The molecule has 0 unspecified atom stereocenters. The smallest absolute Gasteiger partial charge is 0.171 e. The van der Waals surface area contributed by atoms with Crippen LogP contribution < -0.4 is 9.64 Å². The minimum absolute atomic E-state index is 0.0272. The molecular weight excluding hydrogens is 266 g/mol. The second-order valence-corrected chi connectivity index (χ2v) is 6.17. The number of nitrogens with zero attached hydrogens (tertiary/aromatic N) is 3. The molecular formula is C16H23N3O2. The molecule has 1 aromatic heterocycles. The molecule has 0 radical (unpaired) electrons. The van der Waals surface area contributed by atoms with Crippen molar-refractivity contribution in [1.82, 2.24) is 9.88 Å². The summed E-state index contributed by atoms with van der Waals surface area (Å²) in [6.07, 6.45) is 2.66. The Bertz CT molecular complexity index is 544. The molecule has 0 bridgehead atoms. The Labute approximate surface area is 125 Å². The van der Waals surface area contributed by atoms with E-state index in [1.807, 2.05) is 6.07 Å². The number of anilines is 1. The fraction of sp³-hybridized carbons (Fsp3) is 0.625. The lowest BCUT2D eigenvalue weighted by atomic mass is 10.1. The van der Waals surface area contributed by atoms with Crippen LogP contribution in [0.25, 0.3) is 0 Å². The van der Waals surface area contributed by atoms with Gasteiger partial charge in [-0.25, -0.2) is 4.98 Å². The molecule has 1 fully saturated rings. The summed E-state index contributed by atoms with van der Waals surface area (Å²) in [4.78, 5) is 20.9. The number of hydrogen-bond acceptors (Lipinski definition) is 5. The Balaban J connectivity index is 1.89. The Morgan fingerprint density at radius 2 is 2.24 bits per heavy atom. The molecule has 5 nitrogen and oxygen atoms in total. The highest BCUT2D eigenvalue weighted by Crippen LogP contribution is 2.33. The molecule has 3 rings (SSSR count). The normalized spacial score (nSPS) is 22.3. The highest BCUT2D eigenvalue weighted by atomic mass is 16.5. The molecule has 0 amide bonds. The van der Waals surface area contributed by atoms with Crippen molar-refractivity contribution >= 4 is 11.6 Å². The molecule has 0 aliphatic carbocycles. The van der Waals surface area contributed by atoms with Crippen molar-refractivity contribution in [1.29, 1.82) is 0 Å². The number of ether oxygens (including phenoxy) is 1. The van der Waals surface area contributed by atoms with Crippen LogP contribution in [0.3, 0.4) is 0 Å². The third kappa shape index (κ3) is 2.75. The van der Waals surface area contributed by atoms with Gasteiger partial charge in [0.15, 0.2) is 17.4 Å². The first-order chi connectivity index (χ1) is 10.1. The minimum atomic E-state index is 0.0272. The van der Waals surface area contributed by atoms with Gasteiger partial charge in [-0.15, -0.1) is 0 Å². The first kappa shape index (κ1) is 14.3. The van der Waals surface area contributed by atoms with E-state index in [0.717, 1.165) is 37.6 Å². The molecule has 3 heterocycles. The van der Waals surface area contributed by atoms with Gasteiger partial charge in [0.05, 0.1) is 6.61 Å². The lowest BCUT2D eigenvalue weighted by Crippen LogP contribution is -2.55. The fourth-order valence-electron chi connectivity index (χ4n) is 3.13. The van der Waals surface area contributed by atoms with Crippen molar-refractivity contribution in [3.63, 3.8) is 0 Å². The van der Waals surface area contributed by atoms with E-state index in [9.17, 15) is 4.79 Å². The average Bonchev–Trinajstić information content (AvgIpc) is 2.64. The van der Waals surface area contributed by atoms with Gasteiger partial charge < -0.3 is 9.64 Å². The number of ketones is 1. The molecule has 0 saturated carbocycles. The van der Waals surface area contributed by atoms with E-state index in [4.69, 9.17) is 4.74 Å². The van der Waals surface area contributed by atoms with Crippen LogP contribution in [0.2, 0.25) is 0 Å². The second-order valence-electron chi connectivity index (χ2n) is 6.17. The summed E-state index contributed by atoms with van der Waals surface area (Å²) in [6, 6.07) is 2.85. The molecule has 2 aliphatic heterocycles. The highest BCUT2D eigenvalue weighted by Gasteiger charge is 2.32. The Hall–Kier alpha value is -1.62. The topological polar surface area (TPSA) is 45.7 Å². The monoisotopic (exact) mass is 289 g/mol. The summed E-state index contributed by atoms with van der Waals surface area (Å²) in [7, 11) is 0. The number of fused-ring (bicyclic) bond motifs is 3. The van der Waals surface area contributed by atoms with E-state index in [-0.39, 0.29) is 5.78 Å². The zero-order chi connectivity index (χ0) is 15.0. The van der Waals surface area contributed by atoms with Gasteiger partial charge in [0.1, 0.15) is 0 Å². The predicted molar refractivity (Wildman–Crippen MR) is 82.2 cm³/mol. The molecule has 1 saturated heterocycles. The number of pyridine rings is 1. The van der Waals surface area contributed by atoms with Crippen LogP contribution in [-0.2, 0) is 0 Å². The van der Waals surface area contributed by atoms with E-state index in [1.54, 1.807) is 13.1 Å². The van der Waals surface area contributed by atoms with E-state index in [1.165, 1.54) is 0 Å². The van der Waals surface area contributed by atoms with Gasteiger partial charge >= 0.3 is 0 Å².